The van der Waals surface area contributed by atoms with Crippen molar-refractivity contribution < 1.29 is 5.11 Å². The number of hydrogen-bond acceptors (Lipinski definition) is 1. The summed E-state index contributed by atoms with van der Waals surface area (Å²) in [5, 5.41) is 9.01. The lowest BCUT2D eigenvalue weighted by molar-refractivity contribution is 0.202. The molecule has 1 nitrogen and oxygen atoms in total. The number of hydrogen-bond donors (Lipinski definition) is 1. The summed E-state index contributed by atoms with van der Waals surface area (Å²) < 4.78 is 0. The molecule has 12 heavy (non-hydrogen) atoms. The van der Waals surface area contributed by atoms with Crippen LogP contribution in [0.4, 0.5) is 0 Å². The predicted molar refractivity (Wildman–Crippen MR) is 52.7 cm³/mol. The first-order chi connectivity index (χ1) is 5.17. The first kappa shape index (κ1) is 11.5. The highest BCUT2D eigenvalue weighted by Crippen LogP contribution is 2.36. The number of aliphatic hydroxyl groups excluding tert-OH is 1. The van der Waals surface area contributed by atoms with E-state index in [1.807, 2.05) is 0 Å². The van der Waals surface area contributed by atoms with E-state index in [1.165, 1.54) is 0 Å². The molecule has 0 saturated heterocycles. The molecule has 0 aliphatic rings. The Labute approximate surface area is 76.2 Å². The first-order valence-corrected chi connectivity index (χ1v) is 4.37. The molecule has 0 spiro atoms. The van der Waals surface area contributed by atoms with Crippen LogP contribution in [0, 0.1) is 22.7 Å². The summed E-state index contributed by atoms with van der Waals surface area (Å²) in [5.74, 6) is 5.90. The van der Waals surface area contributed by atoms with Crippen LogP contribution >= 0.6 is 0 Å². The minimum Gasteiger partial charge on any atom is -0.381 e. The Bertz CT molecular complexity index is 195. The van der Waals surface area contributed by atoms with Crippen molar-refractivity contribution in [3.05, 3.63) is 0 Å². The van der Waals surface area contributed by atoms with Crippen molar-refractivity contribution in [1.82, 2.24) is 0 Å². The fourth-order valence-corrected chi connectivity index (χ4v) is 0.472. The minimum absolute atomic E-state index is 0.0516. The van der Waals surface area contributed by atoms with Crippen LogP contribution in [-0.2, 0) is 0 Å². The van der Waals surface area contributed by atoms with Crippen molar-refractivity contribution in [3.63, 3.8) is 0 Å². The van der Waals surface area contributed by atoms with E-state index in [4.69, 9.17) is 5.11 Å². The SMILES string of the molecule is CC(O)C#CC(C)(C)C(C)(C)C. The standard InChI is InChI=1S/C11H20O/c1-9(12)7-8-11(5,6)10(2,3)4/h9,12H,1-6H3. The molecular weight excluding hydrogens is 148 g/mol. The highest BCUT2D eigenvalue weighted by Gasteiger charge is 2.30. The van der Waals surface area contributed by atoms with Crippen molar-refractivity contribution in [2.45, 2.75) is 47.6 Å². The average Bonchev–Trinajstić information content (AvgIpc) is 1.81. The van der Waals surface area contributed by atoms with Crippen molar-refractivity contribution >= 4 is 0 Å². The van der Waals surface area contributed by atoms with Gasteiger partial charge >= 0.3 is 0 Å². The maximum atomic E-state index is 9.01. The maximum Gasteiger partial charge on any atom is 0.111 e. The molecule has 0 fully saturated rings. The van der Waals surface area contributed by atoms with Gasteiger partial charge < -0.3 is 5.11 Å². The topological polar surface area (TPSA) is 20.2 Å². The minimum atomic E-state index is -0.522. The van der Waals surface area contributed by atoms with Crippen LogP contribution in [0.2, 0.25) is 0 Å². The second-order valence-electron chi connectivity index (χ2n) is 4.82. The molecule has 1 unspecified atom stereocenters. The van der Waals surface area contributed by atoms with E-state index >= 15 is 0 Å². The number of rotatable bonds is 0. The molecule has 0 rings (SSSR count). The van der Waals surface area contributed by atoms with E-state index in [-0.39, 0.29) is 10.8 Å². The van der Waals surface area contributed by atoms with Crippen LogP contribution in [0.3, 0.4) is 0 Å². The molecule has 0 aromatic carbocycles. The Kier molecular flexibility index (Phi) is 3.35. The smallest absolute Gasteiger partial charge is 0.111 e. The Morgan fingerprint density at radius 1 is 1.08 bits per heavy atom. The number of aliphatic hydroxyl groups is 1. The Morgan fingerprint density at radius 3 is 1.75 bits per heavy atom. The van der Waals surface area contributed by atoms with E-state index in [0.29, 0.717) is 0 Å². The van der Waals surface area contributed by atoms with Gasteiger partial charge in [-0.2, -0.15) is 0 Å². The molecule has 1 heteroatoms. The molecule has 0 aromatic rings. The zero-order valence-corrected chi connectivity index (χ0v) is 9.02. The van der Waals surface area contributed by atoms with Crippen molar-refractivity contribution in [2.24, 2.45) is 10.8 Å². The van der Waals surface area contributed by atoms with Crippen molar-refractivity contribution in [3.8, 4) is 11.8 Å². The lowest BCUT2D eigenvalue weighted by Crippen LogP contribution is -2.28. The van der Waals surface area contributed by atoms with E-state index in [0.717, 1.165) is 0 Å². The molecule has 0 aliphatic heterocycles. The highest BCUT2D eigenvalue weighted by atomic mass is 16.3. The summed E-state index contributed by atoms with van der Waals surface area (Å²) in [6.45, 7) is 12.4. The van der Waals surface area contributed by atoms with Crippen molar-refractivity contribution in [2.75, 3.05) is 0 Å². The zero-order chi connectivity index (χ0) is 9.99. The predicted octanol–water partition coefficient (Wildman–Crippen LogP) is 2.44. The van der Waals surface area contributed by atoms with Gasteiger partial charge in [-0.3, -0.25) is 0 Å². The van der Waals surface area contributed by atoms with Crippen LogP contribution in [0.25, 0.3) is 0 Å². The lowest BCUT2D eigenvalue weighted by Gasteiger charge is -2.34. The molecule has 1 N–H and O–H groups in total. The van der Waals surface area contributed by atoms with Crippen LogP contribution in [-0.4, -0.2) is 11.2 Å². The third-order valence-corrected chi connectivity index (χ3v) is 2.47. The van der Waals surface area contributed by atoms with Crippen LogP contribution in [0.15, 0.2) is 0 Å². The molecule has 0 aliphatic carbocycles. The van der Waals surface area contributed by atoms with E-state index in [9.17, 15) is 0 Å². The van der Waals surface area contributed by atoms with Gasteiger partial charge in [0.15, 0.2) is 0 Å². The fourth-order valence-electron chi connectivity index (χ4n) is 0.472. The average molecular weight is 168 g/mol. The monoisotopic (exact) mass is 168 g/mol. The largest absolute Gasteiger partial charge is 0.381 e. The first-order valence-electron chi connectivity index (χ1n) is 4.37. The summed E-state index contributed by atoms with van der Waals surface area (Å²) in [6.07, 6.45) is -0.522. The molecule has 0 radical (unpaired) electrons. The second kappa shape index (κ2) is 3.49. The Hall–Kier alpha value is -0.480. The molecule has 0 aromatic heterocycles. The second-order valence-corrected chi connectivity index (χ2v) is 4.82. The molecule has 70 valence electrons. The molecule has 0 heterocycles. The van der Waals surface area contributed by atoms with Gasteiger partial charge in [0.05, 0.1) is 0 Å². The third kappa shape index (κ3) is 3.28. The van der Waals surface area contributed by atoms with Crippen molar-refractivity contribution in [1.29, 1.82) is 0 Å². The summed E-state index contributed by atoms with van der Waals surface area (Å²) >= 11 is 0. The quantitative estimate of drug-likeness (QED) is 0.551. The van der Waals surface area contributed by atoms with Gasteiger partial charge in [-0.15, -0.1) is 0 Å². The van der Waals surface area contributed by atoms with Crippen LogP contribution in [0.5, 0.6) is 0 Å². The third-order valence-electron chi connectivity index (χ3n) is 2.47. The molecule has 0 bridgehead atoms. The van der Waals surface area contributed by atoms with Gasteiger partial charge in [0, 0.05) is 5.41 Å². The van der Waals surface area contributed by atoms with E-state index in [1.54, 1.807) is 6.92 Å². The molecule has 1 atom stereocenters. The van der Waals surface area contributed by atoms with Gasteiger partial charge in [0.25, 0.3) is 0 Å². The molecular formula is C11H20O. The van der Waals surface area contributed by atoms with Crippen LogP contribution in [0.1, 0.15) is 41.5 Å². The lowest BCUT2D eigenvalue weighted by atomic mass is 9.70. The van der Waals surface area contributed by atoms with E-state index in [2.05, 4.69) is 46.5 Å². The van der Waals surface area contributed by atoms with Gasteiger partial charge in [-0.1, -0.05) is 32.6 Å². The highest BCUT2D eigenvalue weighted by molar-refractivity contribution is 5.14. The summed E-state index contributed by atoms with van der Waals surface area (Å²) in [5.41, 5.74) is 0.0961. The summed E-state index contributed by atoms with van der Waals surface area (Å²) in [4.78, 5) is 0. The van der Waals surface area contributed by atoms with Gasteiger partial charge in [-0.25, -0.2) is 0 Å². The Balaban J connectivity index is 4.57. The molecule has 0 amide bonds. The fraction of sp³-hybridized carbons (Fsp3) is 0.818. The Morgan fingerprint density at radius 2 is 1.50 bits per heavy atom. The maximum absolute atomic E-state index is 9.01. The van der Waals surface area contributed by atoms with Gasteiger partial charge in [-0.05, 0) is 26.2 Å². The molecule has 0 saturated carbocycles. The van der Waals surface area contributed by atoms with E-state index < -0.39 is 6.10 Å². The van der Waals surface area contributed by atoms with Gasteiger partial charge in [0.2, 0.25) is 0 Å². The summed E-state index contributed by atoms with van der Waals surface area (Å²) in [6, 6.07) is 0. The zero-order valence-electron chi connectivity index (χ0n) is 9.02. The summed E-state index contributed by atoms with van der Waals surface area (Å²) in [7, 11) is 0. The van der Waals surface area contributed by atoms with Crippen LogP contribution < -0.4 is 0 Å². The normalized spacial score (nSPS) is 14.9. The van der Waals surface area contributed by atoms with Gasteiger partial charge in [0.1, 0.15) is 6.10 Å².